The fraction of sp³-hybridized carbons (Fsp3) is 0.0303. The van der Waals surface area contributed by atoms with Crippen LogP contribution in [-0.4, -0.2) is 29.9 Å². The normalized spacial score (nSPS) is 12.1. The number of hydrogen-bond acceptors (Lipinski definition) is 6. The van der Waals surface area contributed by atoms with Crippen LogP contribution in [0, 0.1) is 0 Å². The second-order valence-corrected chi connectivity index (χ2v) is 17.8. The van der Waals surface area contributed by atoms with Gasteiger partial charge >= 0.3 is 0 Å². The van der Waals surface area contributed by atoms with E-state index in [1.165, 1.54) is 11.1 Å². The maximum Gasteiger partial charge on any atom is 0.164 e. The van der Waals surface area contributed by atoms with Crippen LogP contribution in [-0.2, 0) is 0 Å². The summed E-state index contributed by atoms with van der Waals surface area (Å²) in [6.07, 6.45) is 8.52. The van der Waals surface area contributed by atoms with Crippen LogP contribution < -0.4 is 0 Å². The average Bonchev–Trinajstić information content (AvgIpc) is 3.48. The highest BCUT2D eigenvalue weighted by molar-refractivity contribution is 5.93. The van der Waals surface area contributed by atoms with Crippen molar-refractivity contribution in [3.63, 3.8) is 0 Å². The summed E-state index contributed by atoms with van der Waals surface area (Å²) in [4.78, 5) is 29.6. The molecular formula is C66H46N6. The Labute approximate surface area is 419 Å². The van der Waals surface area contributed by atoms with E-state index in [0.29, 0.717) is 34.9 Å². The quantitative estimate of drug-likeness (QED) is 0.129. The molecule has 12 rings (SSSR count). The van der Waals surface area contributed by atoms with Crippen LogP contribution in [0.3, 0.4) is 0 Å². The predicted molar refractivity (Wildman–Crippen MR) is 294 cm³/mol. The first-order valence-corrected chi connectivity index (χ1v) is 24.3. The maximum atomic E-state index is 4.98. The summed E-state index contributed by atoms with van der Waals surface area (Å²) < 4.78 is 0. The smallest absolute Gasteiger partial charge is 0.164 e. The Morgan fingerprint density at radius 1 is 0.222 bits per heavy atom. The van der Waals surface area contributed by atoms with E-state index >= 15 is 0 Å². The van der Waals surface area contributed by atoms with E-state index in [1.54, 1.807) is 0 Å². The lowest BCUT2D eigenvalue weighted by atomic mass is 9.88. The van der Waals surface area contributed by atoms with Crippen LogP contribution in [0.5, 0.6) is 0 Å². The van der Waals surface area contributed by atoms with Crippen molar-refractivity contribution in [2.24, 2.45) is 0 Å². The molecule has 0 atom stereocenters. The van der Waals surface area contributed by atoms with E-state index in [-0.39, 0.29) is 0 Å². The minimum Gasteiger partial charge on any atom is -0.208 e. The molecule has 0 saturated carbocycles. The molecule has 72 heavy (non-hydrogen) atoms. The van der Waals surface area contributed by atoms with Gasteiger partial charge in [0.2, 0.25) is 0 Å². The van der Waals surface area contributed by atoms with E-state index in [1.807, 2.05) is 91.0 Å². The molecule has 0 amide bonds. The van der Waals surface area contributed by atoms with Crippen molar-refractivity contribution in [1.29, 1.82) is 0 Å². The Morgan fingerprint density at radius 3 is 0.903 bits per heavy atom. The molecular weight excluding hydrogens is 877 g/mol. The number of nitrogens with zero attached hydrogens (tertiary/aromatic N) is 6. The van der Waals surface area contributed by atoms with Gasteiger partial charge in [0.05, 0.1) is 0 Å². The van der Waals surface area contributed by atoms with Crippen molar-refractivity contribution in [3.8, 4) is 113 Å². The van der Waals surface area contributed by atoms with Gasteiger partial charge in [-0.3, -0.25) is 0 Å². The minimum atomic E-state index is 0.632. The first kappa shape index (κ1) is 43.7. The van der Waals surface area contributed by atoms with Crippen LogP contribution in [0.15, 0.2) is 255 Å². The summed E-state index contributed by atoms with van der Waals surface area (Å²) in [6.45, 7) is 0. The van der Waals surface area contributed by atoms with E-state index in [9.17, 15) is 0 Å². The Hall–Kier alpha value is -9.52. The van der Waals surface area contributed by atoms with E-state index < -0.39 is 0 Å². The van der Waals surface area contributed by atoms with Crippen LogP contribution >= 0.6 is 0 Å². The van der Waals surface area contributed by atoms with E-state index in [2.05, 4.69) is 164 Å². The van der Waals surface area contributed by atoms with E-state index in [4.69, 9.17) is 29.9 Å². The molecule has 0 saturated heterocycles. The lowest BCUT2D eigenvalue weighted by Gasteiger charge is -2.16. The van der Waals surface area contributed by atoms with Crippen LogP contribution in [0.4, 0.5) is 0 Å². The summed E-state index contributed by atoms with van der Waals surface area (Å²) in [5.41, 5.74) is 17.2. The average molecular weight is 923 g/mol. The largest absolute Gasteiger partial charge is 0.208 e. The summed E-state index contributed by atoms with van der Waals surface area (Å²) in [7, 11) is 0. The van der Waals surface area contributed by atoms with Gasteiger partial charge in [0.25, 0.3) is 0 Å². The summed E-state index contributed by atoms with van der Waals surface area (Å²) >= 11 is 0. The zero-order valence-corrected chi connectivity index (χ0v) is 39.3. The van der Waals surface area contributed by atoms with Gasteiger partial charge in [-0.15, -0.1) is 0 Å². The van der Waals surface area contributed by atoms with Gasteiger partial charge < -0.3 is 0 Å². The monoisotopic (exact) mass is 922 g/mol. The van der Waals surface area contributed by atoms with Gasteiger partial charge in [-0.25, -0.2) is 29.9 Å². The third-order valence-electron chi connectivity index (χ3n) is 13.1. The van der Waals surface area contributed by atoms with Gasteiger partial charge in [0.15, 0.2) is 34.9 Å². The summed E-state index contributed by atoms with van der Waals surface area (Å²) in [5.74, 6) is 3.93. The molecule has 0 spiro atoms. The third-order valence-corrected chi connectivity index (χ3v) is 13.1. The standard InChI is InChI=1S/C66H46N6/c1-5-19-47(20-6-1)61-67-62(48-21-7-2-8-22-48)70-65(69-61)51-39-35-45(36-40-51)53-27-17-29-55(43-53)57-31-13-15-33-59(57)60-34-16-14-32-58(60)56-30-18-28-54(44-56)46-37-41-52(42-38-46)66-71-63(49-23-9-3-10-24-49)68-64(72-66)50-25-11-4-12-26-50/h1-3,5-11,13-44H,4,12H2. The molecule has 9 aromatic carbocycles. The number of benzene rings is 9. The molecule has 340 valence electrons. The molecule has 0 fully saturated rings. The second kappa shape index (κ2) is 19.8. The lowest BCUT2D eigenvalue weighted by Crippen LogP contribution is -2.03. The fourth-order valence-electron chi connectivity index (χ4n) is 9.36. The summed E-state index contributed by atoms with van der Waals surface area (Å²) in [5, 5.41) is 0. The van der Waals surface area contributed by atoms with Crippen molar-refractivity contribution in [1.82, 2.24) is 29.9 Å². The predicted octanol–water partition coefficient (Wildman–Crippen LogP) is 16.5. The fourth-order valence-corrected chi connectivity index (χ4v) is 9.36. The first-order valence-electron chi connectivity index (χ1n) is 24.3. The van der Waals surface area contributed by atoms with Crippen LogP contribution in [0.25, 0.3) is 118 Å². The maximum absolute atomic E-state index is 4.98. The molecule has 0 unspecified atom stereocenters. The van der Waals surface area contributed by atoms with Crippen molar-refractivity contribution in [2.75, 3.05) is 0 Å². The highest BCUT2D eigenvalue weighted by atomic mass is 15.0. The second-order valence-electron chi connectivity index (χ2n) is 17.8. The molecule has 0 bridgehead atoms. The SMILES string of the molecule is C1=CC(c2nc(-c3ccccc3)nc(-c3ccc(-c4cccc(-c5ccccc5-c5ccccc5-c5cccc(-c6ccc(-c7nc(-c8ccccc8)nc(-c8ccccc8)n7)cc6)c5)c4)cc3)n2)=CCC1. The van der Waals surface area contributed by atoms with Gasteiger partial charge in [-0.1, -0.05) is 243 Å². The highest BCUT2D eigenvalue weighted by Gasteiger charge is 2.17. The topological polar surface area (TPSA) is 77.3 Å². The van der Waals surface area contributed by atoms with Crippen molar-refractivity contribution < 1.29 is 0 Å². The molecule has 0 aliphatic heterocycles. The molecule has 1 aliphatic carbocycles. The molecule has 2 heterocycles. The number of allylic oxidation sites excluding steroid dienone is 4. The third kappa shape index (κ3) is 9.20. The molecule has 0 radical (unpaired) electrons. The molecule has 2 aromatic heterocycles. The van der Waals surface area contributed by atoms with Gasteiger partial charge in [-0.2, -0.15) is 0 Å². The number of aromatic nitrogens is 6. The Balaban J connectivity index is 0.832. The Bertz CT molecular complexity index is 3720. The minimum absolute atomic E-state index is 0.632. The van der Waals surface area contributed by atoms with Gasteiger partial charge in [0.1, 0.15) is 0 Å². The highest BCUT2D eigenvalue weighted by Crippen LogP contribution is 2.40. The molecule has 6 heteroatoms. The Morgan fingerprint density at radius 2 is 0.528 bits per heavy atom. The van der Waals surface area contributed by atoms with Gasteiger partial charge in [-0.05, 0) is 80.6 Å². The molecule has 1 aliphatic rings. The molecule has 11 aromatic rings. The van der Waals surface area contributed by atoms with Crippen LogP contribution in [0.1, 0.15) is 18.7 Å². The van der Waals surface area contributed by atoms with Crippen molar-refractivity contribution >= 4 is 5.57 Å². The zero-order chi connectivity index (χ0) is 48.1. The van der Waals surface area contributed by atoms with Crippen molar-refractivity contribution in [3.05, 3.63) is 261 Å². The first-order chi connectivity index (χ1) is 35.7. The molecule has 0 N–H and O–H groups in total. The summed E-state index contributed by atoms with van der Waals surface area (Å²) in [6, 6.07) is 82.4. The van der Waals surface area contributed by atoms with E-state index in [0.717, 1.165) is 90.7 Å². The van der Waals surface area contributed by atoms with Crippen molar-refractivity contribution in [2.45, 2.75) is 12.8 Å². The zero-order valence-electron chi connectivity index (χ0n) is 39.3. The number of hydrogen-bond donors (Lipinski definition) is 0. The van der Waals surface area contributed by atoms with Gasteiger partial charge in [0, 0.05) is 33.4 Å². The molecule has 6 nitrogen and oxygen atoms in total. The lowest BCUT2D eigenvalue weighted by molar-refractivity contribution is 1.01. The van der Waals surface area contributed by atoms with Crippen LogP contribution in [0.2, 0.25) is 0 Å². The Kier molecular flexibility index (Phi) is 12.0. The number of rotatable bonds is 11.